The van der Waals surface area contributed by atoms with Gasteiger partial charge in [0.15, 0.2) is 0 Å². The highest BCUT2D eigenvalue weighted by Crippen LogP contribution is 2.46. The summed E-state index contributed by atoms with van der Waals surface area (Å²) in [5.74, 6) is 4.74. The van der Waals surface area contributed by atoms with Crippen molar-refractivity contribution in [2.24, 2.45) is 23.7 Å². The minimum atomic E-state index is -0.106. The summed E-state index contributed by atoms with van der Waals surface area (Å²) in [6, 6.07) is 7.26. The van der Waals surface area contributed by atoms with Crippen LogP contribution < -0.4 is 0 Å². The summed E-state index contributed by atoms with van der Waals surface area (Å²) in [6.07, 6.45) is 16.1. The summed E-state index contributed by atoms with van der Waals surface area (Å²) >= 11 is 0. The van der Waals surface area contributed by atoms with Crippen molar-refractivity contribution >= 4 is 0 Å². The van der Waals surface area contributed by atoms with Crippen molar-refractivity contribution in [3.05, 3.63) is 35.6 Å². The van der Waals surface area contributed by atoms with Gasteiger partial charge in [-0.25, -0.2) is 4.39 Å². The molecule has 0 atom stereocenters. The van der Waals surface area contributed by atoms with Crippen molar-refractivity contribution in [2.75, 3.05) is 0 Å². The number of halogens is 1. The third-order valence-corrected chi connectivity index (χ3v) is 7.03. The second-order valence-corrected chi connectivity index (χ2v) is 8.62. The molecule has 0 radical (unpaired) electrons. The Morgan fingerprint density at radius 2 is 1.13 bits per heavy atom. The van der Waals surface area contributed by atoms with Gasteiger partial charge < -0.3 is 0 Å². The highest BCUT2D eigenvalue weighted by molar-refractivity contribution is 5.20. The lowest BCUT2D eigenvalue weighted by molar-refractivity contribution is 0.154. The van der Waals surface area contributed by atoms with Gasteiger partial charge in [-0.3, -0.25) is 0 Å². The fourth-order valence-corrected chi connectivity index (χ4v) is 5.38. The smallest absolute Gasteiger partial charge is 0.123 e. The van der Waals surface area contributed by atoms with Gasteiger partial charge in [0, 0.05) is 0 Å². The Kier molecular flexibility index (Phi) is 4.73. The van der Waals surface area contributed by atoms with Crippen molar-refractivity contribution in [1.82, 2.24) is 0 Å². The third kappa shape index (κ3) is 3.98. The van der Waals surface area contributed by atoms with Crippen molar-refractivity contribution in [2.45, 2.75) is 76.5 Å². The van der Waals surface area contributed by atoms with Crippen LogP contribution in [0, 0.1) is 29.5 Å². The molecule has 3 fully saturated rings. The summed E-state index contributed by atoms with van der Waals surface area (Å²) in [6.45, 7) is 0. The lowest BCUT2D eigenvalue weighted by atomic mass is 9.68. The highest BCUT2D eigenvalue weighted by Gasteiger charge is 2.33. The Hall–Kier alpha value is -0.850. The Labute approximate surface area is 140 Å². The zero-order valence-corrected chi connectivity index (χ0v) is 14.4. The Morgan fingerprint density at radius 1 is 0.652 bits per heavy atom. The van der Waals surface area contributed by atoms with Gasteiger partial charge in [0.1, 0.15) is 5.82 Å². The molecule has 0 aliphatic heterocycles. The van der Waals surface area contributed by atoms with Crippen LogP contribution in [0.3, 0.4) is 0 Å². The van der Waals surface area contributed by atoms with Crippen LogP contribution in [0.1, 0.15) is 82.1 Å². The molecule has 1 heteroatoms. The summed E-state index contributed by atoms with van der Waals surface area (Å²) in [4.78, 5) is 0. The second kappa shape index (κ2) is 6.95. The van der Waals surface area contributed by atoms with E-state index >= 15 is 0 Å². The zero-order chi connectivity index (χ0) is 15.6. The molecule has 0 amide bonds. The minimum absolute atomic E-state index is 0.106. The molecular formula is C22H31F. The monoisotopic (exact) mass is 314 g/mol. The number of benzene rings is 1. The molecule has 23 heavy (non-hydrogen) atoms. The highest BCUT2D eigenvalue weighted by atomic mass is 19.1. The van der Waals surface area contributed by atoms with E-state index in [1.165, 1.54) is 69.8 Å². The standard InChI is InChI=1S/C22H31F/c23-22-13-11-21(12-14-22)20-9-7-19(8-10-20)18-5-3-17(4-6-18)15-16-1-2-16/h11-14,16-20H,1-10,15H2. The van der Waals surface area contributed by atoms with E-state index in [4.69, 9.17) is 0 Å². The Morgan fingerprint density at radius 3 is 1.65 bits per heavy atom. The van der Waals surface area contributed by atoms with Crippen LogP contribution in [0.4, 0.5) is 4.39 Å². The second-order valence-electron chi connectivity index (χ2n) is 8.62. The van der Waals surface area contributed by atoms with Gasteiger partial charge in [-0.1, -0.05) is 37.8 Å². The van der Waals surface area contributed by atoms with E-state index < -0.39 is 0 Å². The molecule has 0 N–H and O–H groups in total. The first kappa shape index (κ1) is 15.7. The first-order chi connectivity index (χ1) is 11.3. The van der Waals surface area contributed by atoms with E-state index in [-0.39, 0.29) is 5.82 Å². The summed E-state index contributed by atoms with van der Waals surface area (Å²) in [7, 11) is 0. The zero-order valence-electron chi connectivity index (χ0n) is 14.4. The van der Waals surface area contributed by atoms with Crippen LogP contribution in [0.2, 0.25) is 0 Å². The molecule has 0 saturated heterocycles. The van der Waals surface area contributed by atoms with Gasteiger partial charge >= 0.3 is 0 Å². The molecule has 3 saturated carbocycles. The number of hydrogen-bond acceptors (Lipinski definition) is 0. The van der Waals surface area contributed by atoms with Gasteiger partial charge in [0.05, 0.1) is 0 Å². The van der Waals surface area contributed by atoms with Crippen LogP contribution in [-0.2, 0) is 0 Å². The topological polar surface area (TPSA) is 0 Å². The maximum atomic E-state index is 13.1. The van der Waals surface area contributed by atoms with E-state index in [1.54, 1.807) is 18.6 Å². The SMILES string of the molecule is Fc1ccc(C2CCC(C3CCC(CC4CC4)CC3)CC2)cc1. The molecular weight excluding hydrogens is 283 g/mol. The van der Waals surface area contributed by atoms with E-state index in [9.17, 15) is 4.39 Å². The fraction of sp³-hybridized carbons (Fsp3) is 0.727. The quantitative estimate of drug-likeness (QED) is 0.579. The maximum Gasteiger partial charge on any atom is 0.123 e. The molecule has 3 aliphatic rings. The molecule has 0 nitrogen and oxygen atoms in total. The number of hydrogen-bond donors (Lipinski definition) is 0. The first-order valence-electron chi connectivity index (χ1n) is 10.0. The van der Waals surface area contributed by atoms with E-state index in [1.807, 2.05) is 12.1 Å². The van der Waals surface area contributed by atoms with Crippen LogP contribution in [0.5, 0.6) is 0 Å². The van der Waals surface area contributed by atoms with Crippen molar-refractivity contribution in [1.29, 1.82) is 0 Å². The lowest BCUT2D eigenvalue weighted by Gasteiger charge is -2.38. The molecule has 0 unspecified atom stereocenters. The fourth-order valence-electron chi connectivity index (χ4n) is 5.38. The molecule has 3 aliphatic carbocycles. The molecule has 0 spiro atoms. The lowest BCUT2D eigenvalue weighted by Crippen LogP contribution is -2.25. The van der Waals surface area contributed by atoms with Gasteiger partial charge in [0.25, 0.3) is 0 Å². The van der Waals surface area contributed by atoms with Crippen LogP contribution >= 0.6 is 0 Å². The molecule has 0 bridgehead atoms. The molecule has 4 rings (SSSR count). The van der Waals surface area contributed by atoms with Gasteiger partial charge in [0.2, 0.25) is 0 Å². The predicted octanol–water partition coefficient (Wildman–Crippen LogP) is 6.71. The van der Waals surface area contributed by atoms with Crippen molar-refractivity contribution in [3.63, 3.8) is 0 Å². The van der Waals surface area contributed by atoms with Crippen LogP contribution in [-0.4, -0.2) is 0 Å². The predicted molar refractivity (Wildman–Crippen MR) is 93.9 cm³/mol. The van der Waals surface area contributed by atoms with Gasteiger partial charge in [-0.15, -0.1) is 0 Å². The summed E-state index contributed by atoms with van der Waals surface area (Å²) < 4.78 is 13.1. The van der Waals surface area contributed by atoms with E-state index in [0.29, 0.717) is 5.92 Å². The molecule has 126 valence electrons. The van der Waals surface area contributed by atoms with Crippen molar-refractivity contribution in [3.8, 4) is 0 Å². The average molecular weight is 314 g/mol. The molecule has 0 aromatic heterocycles. The third-order valence-electron chi connectivity index (χ3n) is 7.03. The molecule has 1 aromatic rings. The van der Waals surface area contributed by atoms with Crippen molar-refractivity contribution < 1.29 is 4.39 Å². The van der Waals surface area contributed by atoms with Gasteiger partial charge in [-0.05, 0) is 92.2 Å². The Balaban J connectivity index is 1.24. The Bertz CT molecular complexity index is 485. The maximum absolute atomic E-state index is 13.1. The molecule has 1 aromatic carbocycles. The summed E-state index contributed by atoms with van der Waals surface area (Å²) in [5, 5.41) is 0. The molecule has 0 heterocycles. The minimum Gasteiger partial charge on any atom is -0.207 e. The van der Waals surface area contributed by atoms with E-state index in [2.05, 4.69) is 0 Å². The van der Waals surface area contributed by atoms with Crippen LogP contribution in [0.15, 0.2) is 24.3 Å². The van der Waals surface area contributed by atoms with E-state index in [0.717, 1.165) is 23.7 Å². The van der Waals surface area contributed by atoms with Crippen LogP contribution in [0.25, 0.3) is 0 Å². The van der Waals surface area contributed by atoms with Gasteiger partial charge in [-0.2, -0.15) is 0 Å². The summed E-state index contributed by atoms with van der Waals surface area (Å²) in [5.41, 5.74) is 1.36. The number of rotatable bonds is 4. The normalized spacial score (nSPS) is 35.2. The largest absolute Gasteiger partial charge is 0.207 e. The average Bonchev–Trinajstić information content (AvgIpc) is 3.41. The first-order valence-corrected chi connectivity index (χ1v) is 10.0.